The van der Waals surface area contributed by atoms with Crippen molar-refractivity contribution in [2.45, 2.75) is 25.4 Å². The van der Waals surface area contributed by atoms with Crippen LogP contribution in [0, 0.1) is 11.7 Å². The Labute approximate surface area is 126 Å². The van der Waals surface area contributed by atoms with Gasteiger partial charge in [0.1, 0.15) is 0 Å². The normalized spacial score (nSPS) is 21.1. The molecule has 21 heavy (non-hydrogen) atoms. The fraction of sp³-hybridized carbons (Fsp3) is 0.429. The van der Waals surface area contributed by atoms with Crippen LogP contribution >= 0.6 is 11.6 Å². The summed E-state index contributed by atoms with van der Waals surface area (Å²) in [6.07, 6.45) is 1.98. The number of aliphatic hydroxyl groups excluding tert-OH is 1. The molecule has 0 aromatic heterocycles. The van der Waals surface area contributed by atoms with Crippen LogP contribution in [0.5, 0.6) is 0 Å². The van der Waals surface area contributed by atoms with Gasteiger partial charge in [0.15, 0.2) is 5.82 Å². The molecular weight excluding hydrogens is 299 g/mol. The first-order chi connectivity index (χ1) is 9.99. The molecule has 3 N–H and O–H groups in total. The zero-order valence-corrected chi connectivity index (χ0v) is 12.0. The second-order valence-corrected chi connectivity index (χ2v) is 5.43. The van der Waals surface area contributed by atoms with Gasteiger partial charge in [0.2, 0.25) is 0 Å². The molecule has 5 nitrogen and oxygen atoms in total. The average Bonchev–Trinajstić information content (AvgIpc) is 2.86. The number of halogens is 2. The monoisotopic (exact) mass is 314 g/mol. The molecule has 1 aliphatic rings. The second kappa shape index (κ2) is 6.87. The molecule has 0 aliphatic heterocycles. The maximum atomic E-state index is 13.6. The first-order valence-electron chi connectivity index (χ1n) is 6.70. The van der Waals surface area contributed by atoms with Gasteiger partial charge in [0, 0.05) is 12.5 Å². The summed E-state index contributed by atoms with van der Waals surface area (Å²) < 4.78 is 13.6. The Balaban J connectivity index is 1.88. The third-order valence-corrected chi connectivity index (χ3v) is 3.84. The molecule has 0 bridgehead atoms. The highest BCUT2D eigenvalue weighted by molar-refractivity contribution is 6.39. The van der Waals surface area contributed by atoms with Gasteiger partial charge < -0.3 is 15.7 Å². The van der Waals surface area contributed by atoms with E-state index in [9.17, 15) is 19.1 Å². The van der Waals surface area contributed by atoms with Crippen molar-refractivity contribution >= 4 is 29.1 Å². The summed E-state index contributed by atoms with van der Waals surface area (Å²) >= 11 is 5.59. The molecule has 1 fully saturated rings. The number of carbonyl (C=O) groups is 2. The predicted molar refractivity (Wildman–Crippen MR) is 76.4 cm³/mol. The lowest BCUT2D eigenvalue weighted by Crippen LogP contribution is -2.39. The second-order valence-electron chi connectivity index (χ2n) is 5.02. The molecule has 0 heterocycles. The van der Waals surface area contributed by atoms with Crippen molar-refractivity contribution in [2.24, 2.45) is 5.92 Å². The number of hydrogen-bond donors (Lipinski definition) is 3. The highest BCUT2D eigenvalue weighted by Gasteiger charge is 2.26. The third-order valence-electron chi connectivity index (χ3n) is 3.55. The lowest BCUT2D eigenvalue weighted by molar-refractivity contribution is -0.136. The van der Waals surface area contributed by atoms with Gasteiger partial charge in [0.25, 0.3) is 0 Å². The lowest BCUT2D eigenvalue weighted by atomic mass is 10.1. The van der Waals surface area contributed by atoms with Crippen molar-refractivity contribution in [3.05, 3.63) is 29.0 Å². The van der Waals surface area contributed by atoms with Crippen LogP contribution in [0.2, 0.25) is 5.02 Å². The van der Waals surface area contributed by atoms with Crippen LogP contribution in [0.3, 0.4) is 0 Å². The minimum Gasteiger partial charge on any atom is -0.393 e. The molecule has 0 spiro atoms. The zero-order valence-electron chi connectivity index (χ0n) is 11.2. The lowest BCUT2D eigenvalue weighted by Gasteiger charge is -2.15. The molecule has 0 radical (unpaired) electrons. The van der Waals surface area contributed by atoms with E-state index in [1.54, 1.807) is 0 Å². The van der Waals surface area contributed by atoms with Gasteiger partial charge in [-0.2, -0.15) is 0 Å². The zero-order chi connectivity index (χ0) is 15.4. The number of anilines is 1. The van der Waals surface area contributed by atoms with Gasteiger partial charge >= 0.3 is 11.8 Å². The Morgan fingerprint density at radius 1 is 1.33 bits per heavy atom. The summed E-state index contributed by atoms with van der Waals surface area (Å²) in [5.74, 6) is -2.66. The summed E-state index contributed by atoms with van der Waals surface area (Å²) in [5.41, 5.74) is -0.149. The summed E-state index contributed by atoms with van der Waals surface area (Å²) in [6.45, 7) is 0.228. The number of nitrogens with one attached hydrogen (secondary N) is 2. The summed E-state index contributed by atoms with van der Waals surface area (Å²) in [7, 11) is 0. The molecule has 1 aliphatic carbocycles. The number of aliphatic hydroxyl groups is 1. The van der Waals surface area contributed by atoms with E-state index in [2.05, 4.69) is 10.6 Å². The summed E-state index contributed by atoms with van der Waals surface area (Å²) in [4.78, 5) is 23.3. The maximum Gasteiger partial charge on any atom is 0.313 e. The number of benzene rings is 1. The fourth-order valence-electron chi connectivity index (χ4n) is 2.34. The highest BCUT2D eigenvalue weighted by atomic mass is 35.5. The fourth-order valence-corrected chi connectivity index (χ4v) is 2.51. The van der Waals surface area contributed by atoms with E-state index in [4.69, 9.17) is 11.6 Å². The Hall–Kier alpha value is -1.66. The first kappa shape index (κ1) is 15.7. The molecule has 1 saturated carbocycles. The quantitative estimate of drug-likeness (QED) is 0.743. The van der Waals surface area contributed by atoms with Crippen molar-refractivity contribution < 1.29 is 19.1 Å². The van der Waals surface area contributed by atoms with Crippen LogP contribution in [0.4, 0.5) is 10.1 Å². The largest absolute Gasteiger partial charge is 0.393 e. The van der Waals surface area contributed by atoms with Crippen molar-refractivity contribution in [3.8, 4) is 0 Å². The van der Waals surface area contributed by atoms with E-state index in [1.807, 2.05) is 0 Å². The average molecular weight is 315 g/mol. The molecule has 2 atom stereocenters. The van der Waals surface area contributed by atoms with Crippen LogP contribution < -0.4 is 10.6 Å². The van der Waals surface area contributed by atoms with E-state index in [0.717, 1.165) is 12.8 Å². The van der Waals surface area contributed by atoms with Crippen molar-refractivity contribution in [2.75, 3.05) is 11.9 Å². The Kier molecular flexibility index (Phi) is 5.14. The van der Waals surface area contributed by atoms with Gasteiger partial charge in [0.05, 0.1) is 16.8 Å². The maximum absolute atomic E-state index is 13.6. The predicted octanol–water partition coefficient (Wildman–Crippen LogP) is 1.69. The molecule has 0 saturated heterocycles. The number of rotatable bonds is 3. The molecule has 2 unspecified atom stereocenters. The Morgan fingerprint density at radius 3 is 2.76 bits per heavy atom. The minimum absolute atomic E-state index is 0.0374. The molecule has 1 aromatic rings. The van der Waals surface area contributed by atoms with E-state index < -0.39 is 23.7 Å². The Bertz CT molecular complexity index is 553. The van der Waals surface area contributed by atoms with Gasteiger partial charge in [-0.3, -0.25) is 9.59 Å². The topological polar surface area (TPSA) is 78.4 Å². The summed E-state index contributed by atoms with van der Waals surface area (Å²) in [5, 5.41) is 14.1. The van der Waals surface area contributed by atoms with Crippen molar-refractivity contribution in [3.63, 3.8) is 0 Å². The number of hydrogen-bond acceptors (Lipinski definition) is 3. The van der Waals surface area contributed by atoms with Crippen molar-refractivity contribution in [1.29, 1.82) is 0 Å². The molecular formula is C14H16ClFN2O3. The van der Waals surface area contributed by atoms with Crippen molar-refractivity contribution in [1.82, 2.24) is 5.32 Å². The Morgan fingerprint density at radius 2 is 2.10 bits per heavy atom. The van der Waals surface area contributed by atoms with Gasteiger partial charge in [-0.15, -0.1) is 0 Å². The van der Waals surface area contributed by atoms with Crippen LogP contribution in [-0.2, 0) is 9.59 Å². The van der Waals surface area contributed by atoms with Crippen LogP contribution in [0.25, 0.3) is 0 Å². The SMILES string of the molecule is O=C(NCC1CCCC1O)C(=O)Nc1cccc(Cl)c1F. The molecule has 7 heteroatoms. The smallest absolute Gasteiger partial charge is 0.313 e. The van der Waals surface area contributed by atoms with E-state index >= 15 is 0 Å². The number of carbonyl (C=O) groups excluding carboxylic acids is 2. The highest BCUT2D eigenvalue weighted by Crippen LogP contribution is 2.24. The standard InChI is InChI=1S/C14H16ClFN2O3/c15-9-4-2-5-10(12(9)16)18-14(21)13(20)17-7-8-3-1-6-11(8)19/h2,4-5,8,11,19H,1,3,6-7H2,(H,17,20)(H,18,21). The number of amides is 2. The van der Waals surface area contributed by atoms with E-state index in [0.29, 0.717) is 6.42 Å². The molecule has 1 aromatic carbocycles. The third kappa shape index (κ3) is 3.92. The molecule has 2 rings (SSSR count). The van der Waals surface area contributed by atoms with Gasteiger partial charge in [-0.25, -0.2) is 4.39 Å². The van der Waals surface area contributed by atoms with Gasteiger partial charge in [-0.05, 0) is 25.0 Å². The van der Waals surface area contributed by atoms with E-state index in [-0.39, 0.29) is 23.2 Å². The van der Waals surface area contributed by atoms with Crippen LogP contribution in [-0.4, -0.2) is 29.6 Å². The molecule has 114 valence electrons. The summed E-state index contributed by atoms with van der Waals surface area (Å²) in [6, 6.07) is 4.12. The first-order valence-corrected chi connectivity index (χ1v) is 7.08. The van der Waals surface area contributed by atoms with Crippen LogP contribution in [0.1, 0.15) is 19.3 Å². The molecule has 2 amide bonds. The van der Waals surface area contributed by atoms with E-state index in [1.165, 1.54) is 18.2 Å². The van der Waals surface area contributed by atoms with Crippen LogP contribution in [0.15, 0.2) is 18.2 Å². The minimum atomic E-state index is -0.969. The van der Waals surface area contributed by atoms with Gasteiger partial charge in [-0.1, -0.05) is 24.1 Å².